The third kappa shape index (κ3) is 1.97. The molecule has 6 unspecified atom stereocenters. The second-order valence-corrected chi connectivity index (χ2v) is 9.33. The van der Waals surface area contributed by atoms with Crippen LogP contribution >= 0.6 is 0 Å². The Hall–Kier alpha value is -0.410. The number of ketones is 1. The van der Waals surface area contributed by atoms with Crippen molar-refractivity contribution in [2.24, 2.45) is 34.5 Å². The summed E-state index contributed by atoms with van der Waals surface area (Å²) in [5.41, 5.74) is 0.403. The summed E-state index contributed by atoms with van der Waals surface area (Å²) < 4.78 is 0. The Balaban J connectivity index is 1.68. The summed E-state index contributed by atoms with van der Waals surface area (Å²) >= 11 is 0. The Morgan fingerprint density at radius 2 is 1.77 bits per heavy atom. The van der Waals surface area contributed by atoms with E-state index < -0.39 is 0 Å². The predicted octanol–water partition coefficient (Wildman–Crippen LogP) is 2.93. The van der Waals surface area contributed by atoms with Crippen molar-refractivity contribution >= 4 is 5.78 Å². The molecule has 22 heavy (non-hydrogen) atoms. The molecular formula is C19H30O3. The normalized spacial score (nSPS) is 57.9. The van der Waals surface area contributed by atoms with Gasteiger partial charge in [-0.1, -0.05) is 13.8 Å². The largest absolute Gasteiger partial charge is 0.393 e. The van der Waals surface area contributed by atoms with Gasteiger partial charge in [0.05, 0.1) is 12.2 Å². The van der Waals surface area contributed by atoms with Crippen molar-refractivity contribution in [3.63, 3.8) is 0 Å². The Labute approximate surface area is 133 Å². The van der Waals surface area contributed by atoms with E-state index >= 15 is 0 Å². The van der Waals surface area contributed by atoms with Gasteiger partial charge in [-0.05, 0) is 73.5 Å². The van der Waals surface area contributed by atoms with Crippen LogP contribution in [-0.4, -0.2) is 28.2 Å². The number of hydrogen-bond donors (Lipinski definition) is 2. The topological polar surface area (TPSA) is 57.5 Å². The summed E-state index contributed by atoms with van der Waals surface area (Å²) in [7, 11) is 0. The molecule has 0 amide bonds. The molecule has 8 atom stereocenters. The second kappa shape index (κ2) is 4.80. The molecule has 3 heteroatoms. The van der Waals surface area contributed by atoms with Crippen LogP contribution in [0, 0.1) is 34.5 Å². The Morgan fingerprint density at radius 1 is 1.00 bits per heavy atom. The van der Waals surface area contributed by atoms with Crippen LogP contribution in [-0.2, 0) is 4.79 Å². The van der Waals surface area contributed by atoms with Gasteiger partial charge >= 0.3 is 0 Å². The number of hydrogen-bond acceptors (Lipinski definition) is 3. The molecule has 4 aliphatic carbocycles. The monoisotopic (exact) mass is 306 g/mol. The lowest BCUT2D eigenvalue weighted by Gasteiger charge is -2.59. The zero-order chi connectivity index (χ0) is 15.7. The maximum atomic E-state index is 13.0. The van der Waals surface area contributed by atoms with E-state index in [1.165, 1.54) is 0 Å². The van der Waals surface area contributed by atoms with Crippen LogP contribution in [0.5, 0.6) is 0 Å². The van der Waals surface area contributed by atoms with E-state index in [2.05, 4.69) is 13.8 Å². The molecule has 0 aromatic carbocycles. The van der Waals surface area contributed by atoms with Gasteiger partial charge in [-0.3, -0.25) is 4.79 Å². The summed E-state index contributed by atoms with van der Waals surface area (Å²) in [6.45, 7) is 4.69. The standard InChI is InChI=1S/C19H30O3/c1-18-5-4-14-17(15(18)9-13(21)10-18)16(22)8-11-7-12(20)3-6-19(11,14)2/h11-15,17,20-21H,3-10H2,1-2H3/t11-,12?,13-,14?,15?,17?,18?,19?/m1/s1. The molecule has 0 saturated heterocycles. The fourth-order valence-electron chi connectivity index (χ4n) is 6.93. The molecule has 4 fully saturated rings. The first-order valence-electron chi connectivity index (χ1n) is 9.22. The zero-order valence-electron chi connectivity index (χ0n) is 13.9. The van der Waals surface area contributed by atoms with Crippen molar-refractivity contribution in [1.29, 1.82) is 0 Å². The van der Waals surface area contributed by atoms with Gasteiger partial charge < -0.3 is 10.2 Å². The molecule has 0 aliphatic heterocycles. The van der Waals surface area contributed by atoms with Gasteiger partial charge in [0.25, 0.3) is 0 Å². The fraction of sp³-hybridized carbons (Fsp3) is 0.947. The van der Waals surface area contributed by atoms with Crippen LogP contribution < -0.4 is 0 Å². The molecule has 3 nitrogen and oxygen atoms in total. The Bertz CT molecular complexity index is 489. The van der Waals surface area contributed by atoms with Crippen molar-refractivity contribution in [2.75, 3.05) is 0 Å². The highest BCUT2D eigenvalue weighted by Crippen LogP contribution is 2.65. The third-order valence-corrected chi connectivity index (χ3v) is 8.19. The van der Waals surface area contributed by atoms with Crippen LogP contribution in [0.3, 0.4) is 0 Å². The number of aliphatic hydroxyl groups excluding tert-OH is 2. The molecule has 0 heterocycles. The zero-order valence-corrected chi connectivity index (χ0v) is 13.9. The lowest BCUT2D eigenvalue weighted by atomic mass is 9.45. The number of fused-ring (bicyclic) bond motifs is 5. The highest BCUT2D eigenvalue weighted by Gasteiger charge is 2.61. The molecule has 124 valence electrons. The average Bonchev–Trinajstić information content (AvgIpc) is 2.75. The second-order valence-electron chi connectivity index (χ2n) is 9.33. The molecule has 4 rings (SSSR count). The van der Waals surface area contributed by atoms with E-state index in [0.29, 0.717) is 30.0 Å². The SMILES string of the molecule is CC12CCC3C(C(=O)C[C@H]4CC(O)CCC34C)C1C[C@@H](O)C2. The fourth-order valence-corrected chi connectivity index (χ4v) is 6.93. The van der Waals surface area contributed by atoms with Crippen LogP contribution in [0.25, 0.3) is 0 Å². The first kappa shape index (κ1) is 15.1. The van der Waals surface area contributed by atoms with Crippen molar-refractivity contribution in [3.8, 4) is 0 Å². The quantitative estimate of drug-likeness (QED) is 0.723. The van der Waals surface area contributed by atoms with Crippen molar-refractivity contribution in [3.05, 3.63) is 0 Å². The summed E-state index contributed by atoms with van der Waals surface area (Å²) in [6.07, 6.45) is 7.04. The molecule has 0 bridgehead atoms. The molecule has 0 spiro atoms. The van der Waals surface area contributed by atoms with Gasteiger partial charge in [-0.15, -0.1) is 0 Å². The van der Waals surface area contributed by atoms with Crippen molar-refractivity contribution < 1.29 is 15.0 Å². The summed E-state index contributed by atoms with van der Waals surface area (Å²) in [5, 5.41) is 20.2. The van der Waals surface area contributed by atoms with Gasteiger partial charge in [0.15, 0.2) is 0 Å². The summed E-state index contributed by atoms with van der Waals surface area (Å²) in [5.74, 6) is 1.85. The molecule has 2 N–H and O–H groups in total. The number of Topliss-reactive ketones (excluding diaryl/α,β-unsaturated/α-hetero) is 1. The molecular weight excluding hydrogens is 276 g/mol. The first-order chi connectivity index (χ1) is 10.3. The minimum atomic E-state index is -0.208. The predicted molar refractivity (Wildman–Crippen MR) is 84.1 cm³/mol. The molecule has 4 saturated carbocycles. The molecule has 0 aromatic rings. The van der Waals surface area contributed by atoms with Gasteiger partial charge in [0.2, 0.25) is 0 Å². The van der Waals surface area contributed by atoms with Gasteiger partial charge in [-0.2, -0.15) is 0 Å². The highest BCUT2D eigenvalue weighted by atomic mass is 16.3. The van der Waals surface area contributed by atoms with E-state index in [-0.39, 0.29) is 29.0 Å². The van der Waals surface area contributed by atoms with Crippen LogP contribution in [0.4, 0.5) is 0 Å². The lowest BCUT2D eigenvalue weighted by molar-refractivity contribution is -0.158. The average molecular weight is 306 g/mol. The van der Waals surface area contributed by atoms with Gasteiger partial charge in [-0.25, -0.2) is 0 Å². The van der Waals surface area contributed by atoms with E-state index in [0.717, 1.165) is 44.9 Å². The van der Waals surface area contributed by atoms with Crippen molar-refractivity contribution in [1.82, 2.24) is 0 Å². The van der Waals surface area contributed by atoms with Gasteiger partial charge in [0.1, 0.15) is 5.78 Å². The number of carbonyl (C=O) groups excluding carboxylic acids is 1. The lowest BCUT2D eigenvalue weighted by Crippen LogP contribution is -2.56. The molecule has 0 aromatic heterocycles. The van der Waals surface area contributed by atoms with E-state index in [1.54, 1.807) is 0 Å². The maximum Gasteiger partial charge on any atom is 0.136 e. The van der Waals surface area contributed by atoms with E-state index in [1.807, 2.05) is 0 Å². The summed E-state index contributed by atoms with van der Waals surface area (Å²) in [6, 6.07) is 0. The van der Waals surface area contributed by atoms with E-state index in [9.17, 15) is 15.0 Å². The van der Waals surface area contributed by atoms with Crippen LogP contribution in [0.15, 0.2) is 0 Å². The minimum absolute atomic E-state index is 0.174. The van der Waals surface area contributed by atoms with Gasteiger partial charge in [0, 0.05) is 12.3 Å². The summed E-state index contributed by atoms with van der Waals surface area (Å²) in [4.78, 5) is 13.0. The first-order valence-corrected chi connectivity index (χ1v) is 9.22. The van der Waals surface area contributed by atoms with Crippen LogP contribution in [0.2, 0.25) is 0 Å². The Morgan fingerprint density at radius 3 is 2.55 bits per heavy atom. The number of aliphatic hydroxyl groups is 2. The highest BCUT2D eigenvalue weighted by molar-refractivity contribution is 5.83. The number of carbonyl (C=O) groups is 1. The molecule has 0 radical (unpaired) electrons. The van der Waals surface area contributed by atoms with Crippen LogP contribution in [0.1, 0.15) is 65.2 Å². The Kier molecular flexibility index (Phi) is 3.30. The number of rotatable bonds is 0. The third-order valence-electron chi connectivity index (χ3n) is 8.19. The van der Waals surface area contributed by atoms with Crippen molar-refractivity contribution in [2.45, 2.75) is 77.4 Å². The minimum Gasteiger partial charge on any atom is -0.393 e. The maximum absolute atomic E-state index is 13.0. The smallest absolute Gasteiger partial charge is 0.136 e. The molecule has 4 aliphatic rings. The van der Waals surface area contributed by atoms with E-state index in [4.69, 9.17) is 0 Å².